The van der Waals surface area contributed by atoms with Gasteiger partial charge < -0.3 is 5.11 Å². The molecular weight excluding hydrogens is 236 g/mol. The quantitative estimate of drug-likeness (QED) is 0.427. The van der Waals surface area contributed by atoms with Crippen molar-refractivity contribution in [3.05, 3.63) is 0 Å². The summed E-state index contributed by atoms with van der Waals surface area (Å²) >= 11 is 5.64. The van der Waals surface area contributed by atoms with Gasteiger partial charge in [0.15, 0.2) is 5.78 Å². The molecule has 0 rings (SSSR count). The first kappa shape index (κ1) is 16.9. The number of aliphatic hydroxyl groups excluding tert-OH is 1. The molecule has 0 aromatic heterocycles. The zero-order valence-corrected chi connectivity index (χ0v) is 11.8. The normalized spacial score (nSPS) is 12.6. The Morgan fingerprint density at radius 3 is 2.18 bits per heavy atom. The first-order valence-corrected chi connectivity index (χ1v) is 7.49. The van der Waals surface area contributed by atoms with Gasteiger partial charge in [0.25, 0.3) is 0 Å². The van der Waals surface area contributed by atoms with Crippen LogP contribution in [-0.2, 0) is 4.79 Å². The summed E-state index contributed by atoms with van der Waals surface area (Å²) in [4.78, 5) is 11.7. The maximum Gasteiger partial charge on any atom is 0.150 e. The van der Waals surface area contributed by atoms with Gasteiger partial charge in [-0.1, -0.05) is 45.4 Å². The Balaban J connectivity index is 3.73. The lowest BCUT2D eigenvalue weighted by Gasteiger charge is -2.14. The summed E-state index contributed by atoms with van der Waals surface area (Å²) in [5.41, 5.74) is 0. The van der Waals surface area contributed by atoms with Crippen LogP contribution >= 0.6 is 11.6 Å². The van der Waals surface area contributed by atoms with Gasteiger partial charge in [0.1, 0.15) is 0 Å². The number of carbonyl (C=O) groups is 1. The molecule has 2 nitrogen and oxygen atoms in total. The summed E-state index contributed by atoms with van der Waals surface area (Å²) in [5, 5.41) is 8.67. The van der Waals surface area contributed by atoms with Crippen LogP contribution in [0.3, 0.4) is 0 Å². The van der Waals surface area contributed by atoms with E-state index in [1.165, 1.54) is 12.8 Å². The Labute approximate surface area is 111 Å². The summed E-state index contributed by atoms with van der Waals surface area (Å²) < 4.78 is 0. The third kappa shape index (κ3) is 9.61. The fourth-order valence-corrected chi connectivity index (χ4v) is 2.29. The third-order valence-electron chi connectivity index (χ3n) is 3.20. The Morgan fingerprint density at radius 1 is 1.06 bits per heavy atom. The molecule has 3 heteroatoms. The van der Waals surface area contributed by atoms with Crippen LogP contribution in [0.2, 0.25) is 0 Å². The van der Waals surface area contributed by atoms with Crippen molar-refractivity contribution in [3.8, 4) is 0 Å². The third-order valence-corrected chi connectivity index (χ3v) is 3.47. The highest BCUT2D eigenvalue weighted by Crippen LogP contribution is 2.19. The highest BCUT2D eigenvalue weighted by molar-refractivity contribution is 6.27. The molecule has 1 atom stereocenters. The van der Waals surface area contributed by atoms with E-state index in [9.17, 15) is 4.79 Å². The van der Waals surface area contributed by atoms with E-state index >= 15 is 0 Å². The van der Waals surface area contributed by atoms with Crippen LogP contribution in [0.1, 0.15) is 64.7 Å². The van der Waals surface area contributed by atoms with Gasteiger partial charge in [0, 0.05) is 12.5 Å². The van der Waals surface area contributed by atoms with Gasteiger partial charge in [0.2, 0.25) is 0 Å². The van der Waals surface area contributed by atoms with Gasteiger partial charge in [-0.15, -0.1) is 11.6 Å². The molecule has 0 spiro atoms. The van der Waals surface area contributed by atoms with E-state index in [0.717, 1.165) is 44.9 Å². The van der Waals surface area contributed by atoms with Crippen molar-refractivity contribution >= 4 is 17.4 Å². The molecule has 0 radical (unpaired) electrons. The van der Waals surface area contributed by atoms with Crippen molar-refractivity contribution in [1.29, 1.82) is 0 Å². The van der Waals surface area contributed by atoms with Crippen molar-refractivity contribution < 1.29 is 9.90 Å². The molecule has 17 heavy (non-hydrogen) atoms. The van der Waals surface area contributed by atoms with Crippen LogP contribution in [-0.4, -0.2) is 23.4 Å². The Kier molecular flexibility index (Phi) is 12.3. The average molecular weight is 263 g/mol. The maximum absolute atomic E-state index is 11.7. The van der Waals surface area contributed by atoms with Crippen molar-refractivity contribution in [1.82, 2.24) is 0 Å². The smallest absolute Gasteiger partial charge is 0.150 e. The number of hydrogen-bond donors (Lipinski definition) is 1. The van der Waals surface area contributed by atoms with Crippen molar-refractivity contribution in [3.63, 3.8) is 0 Å². The fourth-order valence-electron chi connectivity index (χ4n) is 2.07. The van der Waals surface area contributed by atoms with E-state index in [1.807, 2.05) is 0 Å². The van der Waals surface area contributed by atoms with Gasteiger partial charge in [0.05, 0.1) is 5.88 Å². The molecule has 0 amide bonds. The summed E-state index contributed by atoms with van der Waals surface area (Å²) in [6, 6.07) is 0. The zero-order valence-electron chi connectivity index (χ0n) is 11.1. The molecule has 0 saturated heterocycles. The van der Waals surface area contributed by atoms with Crippen molar-refractivity contribution in [2.75, 3.05) is 12.5 Å². The van der Waals surface area contributed by atoms with Gasteiger partial charge in [-0.2, -0.15) is 0 Å². The molecule has 0 bridgehead atoms. The van der Waals surface area contributed by atoms with Gasteiger partial charge in [-0.25, -0.2) is 0 Å². The molecule has 0 aliphatic heterocycles. The minimum Gasteiger partial charge on any atom is -0.396 e. The molecule has 0 saturated carbocycles. The van der Waals surface area contributed by atoms with Crippen LogP contribution in [0.4, 0.5) is 0 Å². The van der Waals surface area contributed by atoms with E-state index < -0.39 is 0 Å². The lowest BCUT2D eigenvalue weighted by atomic mass is 9.91. The average Bonchev–Trinajstić information content (AvgIpc) is 2.35. The second kappa shape index (κ2) is 12.4. The lowest BCUT2D eigenvalue weighted by Crippen LogP contribution is -2.16. The van der Waals surface area contributed by atoms with Gasteiger partial charge in [-0.3, -0.25) is 4.79 Å². The molecule has 1 unspecified atom stereocenters. The number of rotatable bonds is 12. The monoisotopic (exact) mass is 262 g/mol. The number of Topliss-reactive ketones (excluding diaryl/α,β-unsaturated/α-hetero) is 1. The topological polar surface area (TPSA) is 37.3 Å². The highest BCUT2D eigenvalue weighted by atomic mass is 35.5. The second-order valence-electron chi connectivity index (χ2n) is 4.72. The number of ketones is 1. The molecular formula is C14H27ClO2. The number of unbranched alkanes of at least 4 members (excludes halogenated alkanes) is 5. The second-order valence-corrected chi connectivity index (χ2v) is 4.99. The largest absolute Gasteiger partial charge is 0.396 e. The summed E-state index contributed by atoms with van der Waals surface area (Å²) in [7, 11) is 0. The van der Waals surface area contributed by atoms with Gasteiger partial charge in [-0.05, 0) is 19.3 Å². The lowest BCUT2D eigenvalue weighted by molar-refractivity contribution is -0.120. The van der Waals surface area contributed by atoms with Crippen LogP contribution in [0.15, 0.2) is 0 Å². The molecule has 0 fully saturated rings. The van der Waals surface area contributed by atoms with Crippen LogP contribution < -0.4 is 0 Å². The molecule has 0 aromatic carbocycles. The predicted molar refractivity (Wildman–Crippen MR) is 73.5 cm³/mol. The number of aliphatic hydroxyl groups is 1. The van der Waals surface area contributed by atoms with E-state index in [4.69, 9.17) is 16.7 Å². The van der Waals surface area contributed by atoms with E-state index in [2.05, 4.69) is 6.92 Å². The van der Waals surface area contributed by atoms with Crippen LogP contribution in [0.25, 0.3) is 0 Å². The molecule has 0 heterocycles. The van der Waals surface area contributed by atoms with E-state index in [1.54, 1.807) is 0 Å². The Bertz CT molecular complexity index is 183. The standard InChI is InChI=1S/C14H27ClO2/c1-2-3-6-9-13(14(17)12-15)10-7-4-5-8-11-16/h13,16H,2-12H2,1H3. The SMILES string of the molecule is CCCCCC(CCCCCCO)C(=O)CCl. The number of halogens is 1. The van der Waals surface area contributed by atoms with Crippen molar-refractivity contribution in [2.45, 2.75) is 64.7 Å². The first-order chi connectivity index (χ1) is 8.26. The van der Waals surface area contributed by atoms with E-state index in [0.29, 0.717) is 0 Å². The minimum absolute atomic E-state index is 0.160. The highest BCUT2D eigenvalue weighted by Gasteiger charge is 2.16. The first-order valence-electron chi connectivity index (χ1n) is 6.95. The summed E-state index contributed by atoms with van der Waals surface area (Å²) in [6.45, 7) is 2.45. The minimum atomic E-state index is 0.160. The molecule has 1 N–H and O–H groups in total. The number of hydrogen-bond acceptors (Lipinski definition) is 2. The van der Waals surface area contributed by atoms with Gasteiger partial charge >= 0.3 is 0 Å². The molecule has 0 aliphatic rings. The van der Waals surface area contributed by atoms with E-state index in [-0.39, 0.29) is 24.2 Å². The molecule has 0 aromatic rings. The van der Waals surface area contributed by atoms with Crippen LogP contribution in [0.5, 0.6) is 0 Å². The summed E-state index contributed by atoms with van der Waals surface area (Å²) in [5.74, 6) is 0.547. The molecule has 102 valence electrons. The predicted octanol–water partition coefficient (Wildman–Crippen LogP) is 3.93. The fraction of sp³-hybridized carbons (Fsp3) is 0.929. The molecule has 0 aliphatic carbocycles. The number of carbonyl (C=O) groups excluding carboxylic acids is 1. The summed E-state index contributed by atoms with van der Waals surface area (Å²) in [6.07, 6.45) is 9.65. The zero-order chi connectivity index (χ0) is 12.9. The Morgan fingerprint density at radius 2 is 1.65 bits per heavy atom. The maximum atomic E-state index is 11.7. The van der Waals surface area contributed by atoms with Crippen molar-refractivity contribution in [2.24, 2.45) is 5.92 Å². The number of alkyl halides is 1. The van der Waals surface area contributed by atoms with Crippen LogP contribution in [0, 0.1) is 5.92 Å². The Hall–Kier alpha value is -0.0800.